The van der Waals surface area contributed by atoms with Gasteiger partial charge in [0, 0.05) is 18.0 Å². The Morgan fingerprint density at radius 3 is 3.10 bits per heavy atom. The fourth-order valence-corrected chi connectivity index (χ4v) is 3.37. The Bertz CT molecular complexity index is 576. The average molecular weight is 273 g/mol. The zero-order valence-electron chi connectivity index (χ0n) is 11.4. The van der Waals surface area contributed by atoms with Crippen LogP contribution in [0.4, 0.5) is 0 Å². The summed E-state index contributed by atoms with van der Waals surface area (Å²) in [6, 6.07) is 10.3. The summed E-state index contributed by atoms with van der Waals surface area (Å²) in [6.07, 6.45) is 1.57. The van der Waals surface area contributed by atoms with Crippen molar-refractivity contribution in [3.63, 3.8) is 0 Å². The van der Waals surface area contributed by atoms with E-state index < -0.39 is 6.10 Å². The van der Waals surface area contributed by atoms with Crippen LogP contribution in [0.1, 0.15) is 24.7 Å². The van der Waals surface area contributed by atoms with Crippen molar-refractivity contribution in [2.24, 2.45) is 0 Å². The molecule has 20 heavy (non-hydrogen) atoms. The number of aliphatic hydroxyl groups is 1. The molecule has 1 N–H and O–H groups in total. The maximum absolute atomic E-state index is 10.5. The van der Waals surface area contributed by atoms with Gasteiger partial charge in [0.1, 0.15) is 23.6 Å². The molecule has 2 aromatic rings. The molecule has 0 spiro atoms. The van der Waals surface area contributed by atoms with Crippen LogP contribution in [0.15, 0.2) is 34.7 Å². The molecule has 4 rings (SSSR count). The second-order valence-electron chi connectivity index (χ2n) is 5.79. The number of ether oxygens (including phenoxy) is 1. The minimum atomic E-state index is -0.691. The molecule has 3 atom stereocenters. The zero-order chi connectivity index (χ0) is 13.5. The van der Waals surface area contributed by atoms with Crippen molar-refractivity contribution in [3.8, 4) is 0 Å². The van der Waals surface area contributed by atoms with Crippen LogP contribution < -0.4 is 0 Å². The largest absolute Gasteiger partial charge is 0.458 e. The summed E-state index contributed by atoms with van der Waals surface area (Å²) in [4.78, 5) is 2.43. The summed E-state index contributed by atoms with van der Waals surface area (Å²) in [5.41, 5.74) is 0.816. The summed E-state index contributed by atoms with van der Waals surface area (Å²) in [6.45, 7) is 2.64. The standard InChI is InChI=1S/C16H19NO3/c18-16(14-8-11-4-1-2-6-13(11)20-14)15-9-17-7-3-5-12(17)10-19-15/h1-2,4,6,8,12,15-16,18H,3,5,7,9-10H2. The molecule has 4 heteroatoms. The predicted molar refractivity (Wildman–Crippen MR) is 75.5 cm³/mol. The van der Waals surface area contributed by atoms with Gasteiger partial charge in [-0.25, -0.2) is 0 Å². The SMILES string of the molecule is OC(c1cc2ccccc2o1)C1CN2CCCC2CO1. The quantitative estimate of drug-likeness (QED) is 0.912. The number of hydrogen-bond donors (Lipinski definition) is 1. The number of morpholine rings is 1. The van der Waals surface area contributed by atoms with Gasteiger partial charge >= 0.3 is 0 Å². The Balaban J connectivity index is 1.55. The number of fused-ring (bicyclic) bond motifs is 2. The lowest BCUT2D eigenvalue weighted by Gasteiger charge is -2.36. The van der Waals surface area contributed by atoms with Crippen molar-refractivity contribution in [2.75, 3.05) is 19.7 Å². The molecule has 1 aromatic carbocycles. The van der Waals surface area contributed by atoms with E-state index in [0.29, 0.717) is 11.8 Å². The van der Waals surface area contributed by atoms with Crippen LogP contribution in [0, 0.1) is 0 Å². The first-order valence-electron chi connectivity index (χ1n) is 7.33. The fourth-order valence-electron chi connectivity index (χ4n) is 3.37. The first-order chi connectivity index (χ1) is 9.81. The summed E-state index contributed by atoms with van der Waals surface area (Å²) >= 11 is 0. The van der Waals surface area contributed by atoms with Crippen molar-refractivity contribution in [1.82, 2.24) is 4.90 Å². The van der Waals surface area contributed by atoms with Gasteiger partial charge < -0.3 is 14.3 Å². The molecule has 2 fully saturated rings. The Morgan fingerprint density at radius 2 is 2.20 bits per heavy atom. The summed E-state index contributed by atoms with van der Waals surface area (Å²) < 4.78 is 11.6. The molecule has 106 valence electrons. The highest BCUT2D eigenvalue weighted by Gasteiger charge is 2.36. The number of hydrogen-bond acceptors (Lipinski definition) is 4. The molecule has 0 aliphatic carbocycles. The second-order valence-corrected chi connectivity index (χ2v) is 5.79. The highest BCUT2D eigenvalue weighted by molar-refractivity contribution is 5.77. The van der Waals surface area contributed by atoms with Crippen molar-refractivity contribution >= 4 is 11.0 Å². The fraction of sp³-hybridized carbons (Fsp3) is 0.500. The molecule has 0 bridgehead atoms. The van der Waals surface area contributed by atoms with E-state index in [1.165, 1.54) is 12.8 Å². The first kappa shape index (κ1) is 12.4. The van der Waals surface area contributed by atoms with Crippen LogP contribution in [-0.4, -0.2) is 41.8 Å². The van der Waals surface area contributed by atoms with Crippen LogP contribution >= 0.6 is 0 Å². The van der Waals surface area contributed by atoms with Crippen LogP contribution in [0.5, 0.6) is 0 Å². The number of furan rings is 1. The van der Waals surface area contributed by atoms with Crippen molar-refractivity contribution in [3.05, 3.63) is 36.1 Å². The van der Waals surface area contributed by atoms with E-state index in [9.17, 15) is 5.11 Å². The smallest absolute Gasteiger partial charge is 0.139 e. The van der Waals surface area contributed by atoms with E-state index in [1.807, 2.05) is 30.3 Å². The molecule has 0 saturated carbocycles. The Morgan fingerprint density at radius 1 is 1.30 bits per heavy atom. The third kappa shape index (κ3) is 2.04. The normalized spacial score (nSPS) is 28.6. The van der Waals surface area contributed by atoms with Gasteiger partial charge in [-0.05, 0) is 31.5 Å². The monoisotopic (exact) mass is 273 g/mol. The van der Waals surface area contributed by atoms with E-state index in [1.54, 1.807) is 0 Å². The van der Waals surface area contributed by atoms with Gasteiger partial charge in [-0.15, -0.1) is 0 Å². The van der Waals surface area contributed by atoms with Crippen LogP contribution in [0.3, 0.4) is 0 Å². The molecule has 1 aromatic heterocycles. The molecule has 4 nitrogen and oxygen atoms in total. The third-order valence-corrected chi connectivity index (χ3v) is 4.50. The summed E-state index contributed by atoms with van der Waals surface area (Å²) in [5, 5.41) is 11.5. The van der Waals surface area contributed by atoms with Gasteiger partial charge in [0.25, 0.3) is 0 Å². The lowest BCUT2D eigenvalue weighted by molar-refractivity contribution is -0.108. The van der Waals surface area contributed by atoms with Crippen LogP contribution in [0.2, 0.25) is 0 Å². The minimum absolute atomic E-state index is 0.190. The molecule has 3 unspecified atom stereocenters. The lowest BCUT2D eigenvalue weighted by Crippen LogP contribution is -2.48. The summed E-state index contributed by atoms with van der Waals surface area (Å²) in [5.74, 6) is 0.605. The first-order valence-corrected chi connectivity index (χ1v) is 7.33. The molecule has 3 heterocycles. The molecule has 2 aliphatic heterocycles. The Kier molecular flexibility index (Phi) is 3.02. The van der Waals surface area contributed by atoms with Crippen molar-refractivity contribution in [2.45, 2.75) is 31.1 Å². The number of benzene rings is 1. The van der Waals surface area contributed by atoms with Gasteiger partial charge in [-0.2, -0.15) is 0 Å². The van der Waals surface area contributed by atoms with Crippen molar-refractivity contribution < 1.29 is 14.3 Å². The van der Waals surface area contributed by atoms with E-state index in [4.69, 9.17) is 9.15 Å². The van der Waals surface area contributed by atoms with Crippen LogP contribution in [0.25, 0.3) is 11.0 Å². The Hall–Kier alpha value is -1.36. The van der Waals surface area contributed by atoms with Gasteiger partial charge in [-0.1, -0.05) is 18.2 Å². The Labute approximate surface area is 117 Å². The number of para-hydroxylation sites is 1. The maximum Gasteiger partial charge on any atom is 0.139 e. The third-order valence-electron chi connectivity index (χ3n) is 4.50. The summed E-state index contributed by atoms with van der Waals surface area (Å²) in [7, 11) is 0. The predicted octanol–water partition coefficient (Wildman–Crippen LogP) is 2.33. The van der Waals surface area contributed by atoms with Gasteiger partial charge in [-0.3, -0.25) is 4.90 Å². The molecular weight excluding hydrogens is 254 g/mol. The second kappa shape index (κ2) is 4.88. The number of rotatable bonds is 2. The molecular formula is C16H19NO3. The van der Waals surface area contributed by atoms with E-state index in [-0.39, 0.29) is 6.10 Å². The lowest BCUT2D eigenvalue weighted by atomic mass is 10.1. The van der Waals surface area contributed by atoms with E-state index in [0.717, 1.165) is 30.7 Å². The van der Waals surface area contributed by atoms with Crippen molar-refractivity contribution in [1.29, 1.82) is 0 Å². The molecule has 2 aliphatic rings. The molecule has 0 radical (unpaired) electrons. The zero-order valence-corrected chi connectivity index (χ0v) is 11.4. The molecule has 0 amide bonds. The average Bonchev–Trinajstić information content (AvgIpc) is 3.11. The van der Waals surface area contributed by atoms with Gasteiger partial charge in [0.15, 0.2) is 0 Å². The highest BCUT2D eigenvalue weighted by atomic mass is 16.5. The van der Waals surface area contributed by atoms with Gasteiger partial charge in [0.2, 0.25) is 0 Å². The topological polar surface area (TPSA) is 45.8 Å². The maximum atomic E-state index is 10.5. The van der Waals surface area contributed by atoms with E-state index >= 15 is 0 Å². The molecule has 2 saturated heterocycles. The number of aliphatic hydroxyl groups excluding tert-OH is 1. The van der Waals surface area contributed by atoms with Gasteiger partial charge in [0.05, 0.1) is 6.61 Å². The highest BCUT2D eigenvalue weighted by Crippen LogP contribution is 2.31. The van der Waals surface area contributed by atoms with E-state index in [2.05, 4.69) is 4.90 Å². The van der Waals surface area contributed by atoms with Crippen LogP contribution in [-0.2, 0) is 4.74 Å². The minimum Gasteiger partial charge on any atom is -0.458 e. The number of nitrogens with zero attached hydrogens (tertiary/aromatic N) is 1.